The number of aromatic nitrogens is 1. The van der Waals surface area contributed by atoms with Crippen LogP contribution in [0.4, 0.5) is 10.5 Å². The van der Waals surface area contributed by atoms with E-state index in [2.05, 4.69) is 15.6 Å². The number of amides is 3. The summed E-state index contributed by atoms with van der Waals surface area (Å²) in [4.78, 5) is 30.0. The molecular weight excluding hydrogens is 312 g/mol. The highest BCUT2D eigenvalue weighted by Gasteiger charge is 2.23. The summed E-state index contributed by atoms with van der Waals surface area (Å²) in [5.74, 6) is -0.138. The number of aryl methyl sites for hydroxylation is 1. The van der Waals surface area contributed by atoms with Gasteiger partial charge in [0.25, 0.3) is 5.91 Å². The molecule has 23 heavy (non-hydrogen) atoms. The number of rotatable bonds is 5. The zero-order valence-electron chi connectivity index (χ0n) is 12.8. The first-order valence-corrected chi connectivity index (χ1v) is 8.41. The van der Waals surface area contributed by atoms with Crippen molar-refractivity contribution < 1.29 is 9.59 Å². The van der Waals surface area contributed by atoms with Crippen molar-refractivity contribution >= 4 is 29.0 Å². The van der Waals surface area contributed by atoms with E-state index >= 15 is 0 Å². The van der Waals surface area contributed by atoms with Crippen molar-refractivity contribution in [1.82, 2.24) is 15.6 Å². The Balaban J connectivity index is 1.67. The number of benzene rings is 1. The van der Waals surface area contributed by atoms with Crippen molar-refractivity contribution in [3.63, 3.8) is 0 Å². The van der Waals surface area contributed by atoms with Crippen LogP contribution < -0.4 is 15.5 Å². The molecule has 0 unspecified atom stereocenters. The van der Waals surface area contributed by atoms with Gasteiger partial charge in [0.15, 0.2) is 0 Å². The van der Waals surface area contributed by atoms with E-state index in [1.807, 2.05) is 18.4 Å². The standard InChI is InChI=1S/C16H18N4O2S/c1-11-2-3-12(8-14(11)20-7-6-18-16(20)22)15(21)17-5-4-13-9-23-10-19-13/h2-3,8-10H,4-7H2,1H3,(H,17,21)(H,18,22). The average molecular weight is 330 g/mol. The Morgan fingerprint density at radius 3 is 3.04 bits per heavy atom. The molecule has 2 N–H and O–H groups in total. The van der Waals surface area contributed by atoms with Gasteiger partial charge in [-0.05, 0) is 24.6 Å². The molecular formula is C16H18N4O2S. The maximum absolute atomic E-state index is 12.3. The summed E-state index contributed by atoms with van der Waals surface area (Å²) in [6, 6.07) is 5.31. The van der Waals surface area contributed by atoms with Gasteiger partial charge in [-0.2, -0.15) is 0 Å². The molecule has 0 saturated carbocycles. The molecule has 0 radical (unpaired) electrons. The molecule has 3 rings (SSSR count). The van der Waals surface area contributed by atoms with Crippen molar-refractivity contribution in [2.45, 2.75) is 13.3 Å². The fraction of sp³-hybridized carbons (Fsp3) is 0.312. The fourth-order valence-electron chi connectivity index (χ4n) is 2.51. The Bertz CT molecular complexity index is 715. The van der Waals surface area contributed by atoms with Crippen molar-refractivity contribution in [3.8, 4) is 0 Å². The SMILES string of the molecule is Cc1ccc(C(=O)NCCc2cscn2)cc1N1CCNC1=O. The van der Waals surface area contributed by atoms with Gasteiger partial charge in [-0.25, -0.2) is 9.78 Å². The van der Waals surface area contributed by atoms with Gasteiger partial charge in [0, 0.05) is 42.7 Å². The van der Waals surface area contributed by atoms with Gasteiger partial charge in [0.2, 0.25) is 0 Å². The number of hydrogen-bond donors (Lipinski definition) is 2. The second-order valence-electron chi connectivity index (χ2n) is 5.37. The molecule has 7 heteroatoms. The second-order valence-corrected chi connectivity index (χ2v) is 6.09. The number of hydrogen-bond acceptors (Lipinski definition) is 4. The van der Waals surface area contributed by atoms with Gasteiger partial charge in [0.05, 0.1) is 11.2 Å². The van der Waals surface area contributed by atoms with Gasteiger partial charge in [-0.1, -0.05) is 6.07 Å². The summed E-state index contributed by atoms with van der Waals surface area (Å²) in [6.07, 6.45) is 0.711. The lowest BCUT2D eigenvalue weighted by molar-refractivity contribution is 0.0954. The predicted octanol–water partition coefficient (Wildman–Crippen LogP) is 1.95. The third-order valence-electron chi connectivity index (χ3n) is 3.77. The number of nitrogens with zero attached hydrogens (tertiary/aromatic N) is 2. The summed E-state index contributed by atoms with van der Waals surface area (Å²) >= 11 is 1.55. The van der Waals surface area contributed by atoms with Crippen molar-refractivity contribution in [2.75, 3.05) is 24.5 Å². The van der Waals surface area contributed by atoms with Crippen molar-refractivity contribution in [1.29, 1.82) is 0 Å². The van der Waals surface area contributed by atoms with E-state index in [1.54, 1.807) is 33.9 Å². The van der Waals surface area contributed by atoms with Gasteiger partial charge >= 0.3 is 6.03 Å². The van der Waals surface area contributed by atoms with Crippen LogP contribution in [0.25, 0.3) is 0 Å². The number of carbonyl (C=O) groups is 2. The van der Waals surface area contributed by atoms with E-state index in [0.29, 0.717) is 31.6 Å². The number of thiazole rings is 1. The van der Waals surface area contributed by atoms with Crippen LogP contribution in [0.15, 0.2) is 29.1 Å². The molecule has 0 aliphatic carbocycles. The third kappa shape index (κ3) is 3.50. The summed E-state index contributed by atoms with van der Waals surface area (Å²) in [5, 5.41) is 7.64. The highest BCUT2D eigenvalue weighted by atomic mass is 32.1. The lowest BCUT2D eigenvalue weighted by Gasteiger charge is -2.18. The summed E-state index contributed by atoms with van der Waals surface area (Å²) < 4.78 is 0. The molecule has 120 valence electrons. The first-order chi connectivity index (χ1) is 11.1. The first-order valence-electron chi connectivity index (χ1n) is 7.46. The van der Waals surface area contributed by atoms with Crippen LogP contribution in [0.1, 0.15) is 21.6 Å². The van der Waals surface area contributed by atoms with E-state index in [4.69, 9.17) is 0 Å². The Kier molecular flexibility index (Phi) is 4.57. The number of anilines is 1. The predicted molar refractivity (Wildman–Crippen MR) is 90.1 cm³/mol. The topological polar surface area (TPSA) is 74.3 Å². The van der Waals surface area contributed by atoms with E-state index in [1.165, 1.54) is 0 Å². The van der Waals surface area contributed by atoms with Crippen LogP contribution in [0.3, 0.4) is 0 Å². The Morgan fingerprint density at radius 2 is 2.35 bits per heavy atom. The van der Waals surface area contributed by atoms with E-state index < -0.39 is 0 Å². The van der Waals surface area contributed by atoms with Crippen molar-refractivity contribution in [2.24, 2.45) is 0 Å². The molecule has 1 aromatic heterocycles. The molecule has 3 amide bonds. The molecule has 6 nitrogen and oxygen atoms in total. The number of urea groups is 1. The third-order valence-corrected chi connectivity index (χ3v) is 4.40. The van der Waals surface area contributed by atoms with Crippen LogP contribution >= 0.6 is 11.3 Å². The minimum atomic E-state index is -0.138. The second kappa shape index (κ2) is 6.78. The molecule has 2 heterocycles. The lowest BCUT2D eigenvalue weighted by Crippen LogP contribution is -2.29. The van der Waals surface area contributed by atoms with Crippen LogP contribution in [-0.4, -0.2) is 36.6 Å². The van der Waals surface area contributed by atoms with E-state index in [0.717, 1.165) is 16.9 Å². The molecule has 1 saturated heterocycles. The minimum absolute atomic E-state index is 0.116. The monoisotopic (exact) mass is 330 g/mol. The summed E-state index contributed by atoms with van der Waals surface area (Å²) in [7, 11) is 0. The van der Waals surface area contributed by atoms with E-state index in [9.17, 15) is 9.59 Å². The zero-order chi connectivity index (χ0) is 16.2. The first kappa shape index (κ1) is 15.5. The Morgan fingerprint density at radius 1 is 1.48 bits per heavy atom. The van der Waals surface area contributed by atoms with Crippen LogP contribution in [0.5, 0.6) is 0 Å². The lowest BCUT2D eigenvalue weighted by atomic mass is 10.1. The van der Waals surface area contributed by atoms with Crippen molar-refractivity contribution in [3.05, 3.63) is 45.9 Å². The largest absolute Gasteiger partial charge is 0.352 e. The highest BCUT2D eigenvalue weighted by Crippen LogP contribution is 2.23. The average Bonchev–Trinajstić information content (AvgIpc) is 3.19. The maximum Gasteiger partial charge on any atom is 0.322 e. The van der Waals surface area contributed by atoms with Crippen LogP contribution in [-0.2, 0) is 6.42 Å². The van der Waals surface area contributed by atoms with Gasteiger partial charge < -0.3 is 10.6 Å². The van der Waals surface area contributed by atoms with Crippen LogP contribution in [0, 0.1) is 6.92 Å². The minimum Gasteiger partial charge on any atom is -0.352 e. The quantitative estimate of drug-likeness (QED) is 0.880. The Labute approximate surface area is 138 Å². The normalized spacial score (nSPS) is 14.0. The molecule has 1 aliphatic rings. The number of carbonyl (C=O) groups excluding carboxylic acids is 2. The maximum atomic E-state index is 12.3. The smallest absolute Gasteiger partial charge is 0.322 e. The fourth-order valence-corrected chi connectivity index (χ4v) is 3.10. The molecule has 1 aliphatic heterocycles. The zero-order valence-corrected chi connectivity index (χ0v) is 13.7. The Hall–Kier alpha value is -2.41. The molecule has 2 aromatic rings. The van der Waals surface area contributed by atoms with Gasteiger partial charge in [-0.15, -0.1) is 11.3 Å². The van der Waals surface area contributed by atoms with Crippen LogP contribution in [0.2, 0.25) is 0 Å². The molecule has 1 fully saturated rings. The van der Waals surface area contributed by atoms with Gasteiger partial charge in [0.1, 0.15) is 0 Å². The molecule has 0 atom stereocenters. The molecule has 0 spiro atoms. The van der Waals surface area contributed by atoms with E-state index in [-0.39, 0.29) is 11.9 Å². The molecule has 0 bridgehead atoms. The molecule has 1 aromatic carbocycles. The summed E-state index contributed by atoms with van der Waals surface area (Å²) in [6.45, 7) is 3.72. The highest BCUT2D eigenvalue weighted by molar-refractivity contribution is 7.07. The number of nitrogens with one attached hydrogen (secondary N) is 2. The van der Waals surface area contributed by atoms with Gasteiger partial charge in [-0.3, -0.25) is 9.69 Å². The summed E-state index contributed by atoms with van der Waals surface area (Å²) in [5.41, 5.74) is 5.08.